The molecular formula is C31H28F3N9O3. The van der Waals surface area contributed by atoms with Gasteiger partial charge in [-0.2, -0.15) is 13.2 Å². The van der Waals surface area contributed by atoms with E-state index in [9.17, 15) is 18.0 Å². The second-order valence-corrected chi connectivity index (χ2v) is 10.9. The fourth-order valence-corrected chi connectivity index (χ4v) is 5.35. The summed E-state index contributed by atoms with van der Waals surface area (Å²) in [4.78, 5) is 24.2. The Hall–Kier alpha value is -5.28. The summed E-state index contributed by atoms with van der Waals surface area (Å²) in [5.74, 6) is -0.954. The molecule has 2 atom stereocenters. The number of fused-ring (bicyclic) bond motifs is 1. The first kappa shape index (κ1) is 29.4. The van der Waals surface area contributed by atoms with Crippen molar-refractivity contribution in [2.24, 2.45) is 10.1 Å². The summed E-state index contributed by atoms with van der Waals surface area (Å²) in [7, 11) is 0. The number of para-hydroxylation sites is 1. The Balaban J connectivity index is 1.18. The average Bonchev–Trinajstić information content (AvgIpc) is 3.65. The number of nitrogens with one attached hydrogen (secondary N) is 3. The van der Waals surface area contributed by atoms with Crippen LogP contribution in [0.3, 0.4) is 0 Å². The Kier molecular flexibility index (Phi) is 7.41. The lowest BCUT2D eigenvalue weighted by Gasteiger charge is -2.29. The van der Waals surface area contributed by atoms with Crippen LogP contribution in [0.2, 0.25) is 0 Å². The molecule has 0 saturated carbocycles. The number of ether oxygens (including phenoxy) is 2. The number of benzodiazepines with no additional fused rings is 1. The van der Waals surface area contributed by atoms with Crippen LogP contribution in [0.25, 0.3) is 5.82 Å². The molecule has 7 rings (SSSR count). The minimum absolute atomic E-state index is 0.152. The number of anilines is 2. The normalized spacial score (nSPS) is 21.3. The number of aromatic nitrogens is 3. The Morgan fingerprint density at radius 2 is 1.76 bits per heavy atom. The van der Waals surface area contributed by atoms with Gasteiger partial charge in [0.1, 0.15) is 5.56 Å². The van der Waals surface area contributed by atoms with Crippen LogP contribution in [-0.4, -0.2) is 70.6 Å². The molecule has 0 aliphatic carbocycles. The molecule has 0 radical (unpaired) electrons. The number of carbonyl (C=O) groups is 1. The van der Waals surface area contributed by atoms with Crippen molar-refractivity contribution in [3.63, 3.8) is 0 Å². The zero-order chi connectivity index (χ0) is 31.9. The van der Waals surface area contributed by atoms with E-state index in [4.69, 9.17) is 14.5 Å². The van der Waals surface area contributed by atoms with Crippen LogP contribution in [-0.2, 0) is 20.4 Å². The highest BCUT2D eigenvalue weighted by molar-refractivity contribution is 6.19. The summed E-state index contributed by atoms with van der Waals surface area (Å²) in [6, 6.07) is 19.2. The minimum atomic E-state index is -4.52. The predicted molar refractivity (Wildman–Crippen MR) is 163 cm³/mol. The molecule has 1 unspecified atom stereocenters. The maximum atomic E-state index is 13.4. The molecule has 5 heterocycles. The number of aliphatic imine (C=N–C) groups is 1. The number of alkyl halides is 3. The van der Waals surface area contributed by atoms with Gasteiger partial charge >= 0.3 is 6.18 Å². The topological polar surface area (TPSA) is 130 Å². The molecule has 15 heteroatoms. The summed E-state index contributed by atoms with van der Waals surface area (Å²) in [6.45, 7) is 3.66. The van der Waals surface area contributed by atoms with Gasteiger partial charge in [0.15, 0.2) is 17.8 Å². The molecule has 0 bridgehead atoms. The number of hydrazone groups is 1. The molecule has 236 valence electrons. The zero-order valence-corrected chi connectivity index (χ0v) is 24.5. The maximum absolute atomic E-state index is 13.4. The van der Waals surface area contributed by atoms with Gasteiger partial charge < -0.3 is 19.7 Å². The third-order valence-electron chi connectivity index (χ3n) is 7.62. The van der Waals surface area contributed by atoms with Gasteiger partial charge in [-0.15, -0.1) is 10.2 Å². The number of morpholine rings is 1. The van der Waals surface area contributed by atoms with E-state index < -0.39 is 29.7 Å². The largest absolute Gasteiger partial charge is 0.434 e. The van der Waals surface area contributed by atoms with Crippen molar-refractivity contribution in [1.82, 2.24) is 25.5 Å². The molecule has 0 spiro atoms. The molecule has 1 fully saturated rings. The summed E-state index contributed by atoms with van der Waals surface area (Å²) in [6.07, 6.45) is -3.24. The maximum Gasteiger partial charge on any atom is 0.417 e. The molecule has 46 heavy (non-hydrogen) atoms. The zero-order valence-electron chi connectivity index (χ0n) is 24.5. The Morgan fingerprint density at radius 3 is 2.50 bits per heavy atom. The van der Waals surface area contributed by atoms with Gasteiger partial charge in [0.05, 0.1) is 30.2 Å². The van der Waals surface area contributed by atoms with Gasteiger partial charge in [-0.1, -0.05) is 48.5 Å². The first-order chi connectivity index (χ1) is 22.2. The van der Waals surface area contributed by atoms with Gasteiger partial charge in [-0.25, -0.2) is 15.0 Å². The van der Waals surface area contributed by atoms with Crippen molar-refractivity contribution in [2.45, 2.75) is 25.1 Å². The predicted octanol–water partition coefficient (Wildman–Crippen LogP) is 3.48. The quantitative estimate of drug-likeness (QED) is 0.295. The third-order valence-corrected chi connectivity index (χ3v) is 7.62. The van der Waals surface area contributed by atoms with Crippen LogP contribution in [0.1, 0.15) is 29.2 Å². The fraction of sp³-hybridized carbons (Fsp3) is 0.258. The molecule has 1 amide bonds. The first-order valence-corrected chi connectivity index (χ1v) is 14.5. The van der Waals surface area contributed by atoms with E-state index in [2.05, 4.69) is 31.2 Å². The molecule has 3 aliphatic heterocycles. The molecule has 1 saturated heterocycles. The van der Waals surface area contributed by atoms with Gasteiger partial charge in [-0.3, -0.25) is 15.2 Å². The molecule has 2 aromatic carbocycles. The number of halogens is 3. The van der Waals surface area contributed by atoms with Crippen molar-refractivity contribution in [3.05, 3.63) is 101 Å². The number of nitrogens with zero attached hydrogens (tertiary/aromatic N) is 6. The molecular weight excluding hydrogens is 603 g/mol. The Bertz CT molecular complexity index is 1820. The highest BCUT2D eigenvalue weighted by Gasteiger charge is 2.40. The lowest BCUT2D eigenvalue weighted by molar-refractivity contribution is -0.137. The van der Waals surface area contributed by atoms with Crippen LogP contribution >= 0.6 is 0 Å². The van der Waals surface area contributed by atoms with Crippen LogP contribution in [0, 0.1) is 0 Å². The standard InChI is InChI=1S/C31H28F3N9O3/c1-30(38-26-28(44)36-23-10-6-5-9-21(23)25(37-26)19-7-3-2-4-8-19)41-39-29(46-30)22-18-43(40-27(22)42-13-15-45-16-14-42)24-12-11-20(17-35-24)31(32,33)34/h2-12,17-18,26,38,41H,13-16H2,1H3,(H,36,44)/t26-,30?/m1/s1. The van der Waals surface area contributed by atoms with Gasteiger partial charge in [0, 0.05) is 43.5 Å². The molecule has 12 nitrogen and oxygen atoms in total. The highest BCUT2D eigenvalue weighted by Crippen LogP contribution is 2.31. The number of carbonyl (C=O) groups excluding carboxylic acids is 1. The van der Waals surface area contributed by atoms with Crippen molar-refractivity contribution in [1.29, 1.82) is 0 Å². The second-order valence-electron chi connectivity index (χ2n) is 10.9. The number of pyridine rings is 1. The van der Waals surface area contributed by atoms with Crippen LogP contribution in [0.4, 0.5) is 24.7 Å². The summed E-state index contributed by atoms with van der Waals surface area (Å²) >= 11 is 0. The van der Waals surface area contributed by atoms with E-state index in [1.165, 1.54) is 10.7 Å². The van der Waals surface area contributed by atoms with Crippen LogP contribution < -0.4 is 21.0 Å². The van der Waals surface area contributed by atoms with E-state index in [0.29, 0.717) is 49.1 Å². The van der Waals surface area contributed by atoms with Crippen molar-refractivity contribution < 1.29 is 27.4 Å². The Morgan fingerprint density at radius 1 is 1.00 bits per heavy atom. The van der Waals surface area contributed by atoms with E-state index in [1.807, 2.05) is 59.5 Å². The molecule has 3 N–H and O–H groups in total. The van der Waals surface area contributed by atoms with E-state index in [0.717, 1.165) is 23.4 Å². The smallest absolute Gasteiger partial charge is 0.417 e. The highest BCUT2D eigenvalue weighted by atomic mass is 19.4. The van der Waals surface area contributed by atoms with E-state index in [1.54, 1.807) is 13.1 Å². The molecule has 2 aromatic heterocycles. The summed E-state index contributed by atoms with van der Waals surface area (Å²) < 4.78 is 52.6. The van der Waals surface area contributed by atoms with Gasteiger partial charge in [0.25, 0.3) is 11.8 Å². The van der Waals surface area contributed by atoms with Crippen LogP contribution in [0.5, 0.6) is 0 Å². The summed E-state index contributed by atoms with van der Waals surface area (Å²) in [5, 5.41) is 15.2. The average molecular weight is 632 g/mol. The fourth-order valence-electron chi connectivity index (χ4n) is 5.35. The van der Waals surface area contributed by atoms with E-state index in [-0.39, 0.29) is 11.7 Å². The number of hydrogen-bond donors (Lipinski definition) is 3. The van der Waals surface area contributed by atoms with E-state index >= 15 is 0 Å². The molecule has 3 aliphatic rings. The third kappa shape index (κ3) is 5.77. The second kappa shape index (κ2) is 11.6. The molecule has 4 aromatic rings. The number of amides is 1. The van der Waals surface area contributed by atoms with Gasteiger partial charge in [-0.05, 0) is 18.2 Å². The lowest BCUT2D eigenvalue weighted by Crippen LogP contribution is -2.58. The summed E-state index contributed by atoms with van der Waals surface area (Å²) in [5.41, 5.74) is 5.38. The number of hydrogen-bond acceptors (Lipinski definition) is 10. The first-order valence-electron chi connectivity index (χ1n) is 14.5. The SMILES string of the molecule is CC1(N[C@H]2N=C(c3ccccc3)c3ccccc3NC2=O)NN=C(c2cn(-c3ccc(C(F)(F)F)cn3)nc2N2CCOCC2)O1. The number of benzene rings is 2. The van der Waals surface area contributed by atoms with Gasteiger partial charge in [0.2, 0.25) is 5.90 Å². The van der Waals surface area contributed by atoms with Crippen molar-refractivity contribution in [2.75, 3.05) is 36.5 Å². The van der Waals surface area contributed by atoms with Crippen molar-refractivity contribution >= 4 is 29.0 Å². The lowest BCUT2D eigenvalue weighted by atomic mass is 10.0. The number of rotatable bonds is 6. The van der Waals surface area contributed by atoms with Crippen LogP contribution in [0.15, 0.2) is 89.2 Å². The Labute approximate surface area is 260 Å². The van der Waals surface area contributed by atoms with Crippen molar-refractivity contribution in [3.8, 4) is 5.82 Å². The monoisotopic (exact) mass is 631 g/mol. The minimum Gasteiger partial charge on any atom is -0.434 e.